The summed E-state index contributed by atoms with van der Waals surface area (Å²) in [4.78, 5) is 71.5. The van der Waals surface area contributed by atoms with Crippen LogP contribution in [0.1, 0.15) is 120 Å². The molecule has 3 aliphatic heterocycles. The Morgan fingerprint density at radius 2 is 1.71 bits per heavy atom. The highest BCUT2D eigenvalue weighted by Crippen LogP contribution is 2.53. The average Bonchev–Trinajstić information content (AvgIpc) is 3.88. The van der Waals surface area contributed by atoms with Crippen LogP contribution in [0.2, 0.25) is 0 Å². The first kappa shape index (κ1) is 40.3. The lowest BCUT2D eigenvalue weighted by molar-refractivity contribution is -0.136. The highest BCUT2D eigenvalue weighted by molar-refractivity contribution is 6.25. The van der Waals surface area contributed by atoms with Gasteiger partial charge in [0.1, 0.15) is 23.2 Å². The number of fused-ring (bicyclic) bond motifs is 2. The summed E-state index contributed by atoms with van der Waals surface area (Å²) in [5.41, 5.74) is 2.26. The van der Waals surface area contributed by atoms with Gasteiger partial charge in [-0.05, 0) is 112 Å². The molecule has 3 saturated carbocycles. The highest BCUT2D eigenvalue weighted by Gasteiger charge is 2.52. The van der Waals surface area contributed by atoms with Gasteiger partial charge in [0.15, 0.2) is 0 Å². The quantitative estimate of drug-likeness (QED) is 0.124. The number of carbonyl (C=O) groups is 5. The number of carbonyl (C=O) groups excluding carboxylic acids is 5. The number of halogens is 2. The van der Waals surface area contributed by atoms with E-state index in [-0.39, 0.29) is 36.2 Å². The number of imide groups is 2. The van der Waals surface area contributed by atoms with Crippen molar-refractivity contribution in [3.63, 3.8) is 0 Å². The number of benzene rings is 2. The largest absolute Gasteiger partial charge is 0.488 e. The molecule has 324 valence electrons. The first-order chi connectivity index (χ1) is 29.8. The van der Waals surface area contributed by atoms with E-state index in [1.165, 1.54) is 31.0 Å². The Hall–Kier alpha value is -5.77. The van der Waals surface area contributed by atoms with Crippen LogP contribution in [0.3, 0.4) is 0 Å². The summed E-state index contributed by atoms with van der Waals surface area (Å²) >= 11 is 0. The second kappa shape index (κ2) is 15.5. The van der Waals surface area contributed by atoms with E-state index < -0.39 is 47.2 Å². The number of hydrogen-bond donors (Lipinski definition) is 3. The van der Waals surface area contributed by atoms with E-state index in [4.69, 9.17) is 9.84 Å². The smallest absolute Gasteiger partial charge is 0.287 e. The summed E-state index contributed by atoms with van der Waals surface area (Å²) in [5, 5.41) is 14.3. The number of aromatic nitrogens is 3. The molecule has 2 aromatic heterocycles. The predicted molar refractivity (Wildman–Crippen MR) is 224 cm³/mol. The molecule has 2 saturated heterocycles. The van der Waals surface area contributed by atoms with E-state index in [0.29, 0.717) is 46.5 Å². The van der Waals surface area contributed by atoms with Crippen LogP contribution in [0.4, 0.5) is 20.2 Å². The molecule has 5 amide bonds. The van der Waals surface area contributed by atoms with Crippen LogP contribution in [0, 0.1) is 17.3 Å². The van der Waals surface area contributed by atoms with Gasteiger partial charge in [-0.25, -0.2) is 4.98 Å². The molecule has 5 heterocycles. The minimum absolute atomic E-state index is 0.0736. The monoisotopic (exact) mass is 848 g/mol. The number of nitrogens with zero attached hydrogens (tertiary/aromatic N) is 5. The fourth-order valence-electron chi connectivity index (χ4n) is 10.5. The van der Waals surface area contributed by atoms with Crippen LogP contribution in [0.25, 0.3) is 10.9 Å². The molecule has 5 fully saturated rings. The maximum Gasteiger partial charge on any atom is 0.287 e. The van der Waals surface area contributed by atoms with Crippen molar-refractivity contribution in [2.45, 2.75) is 102 Å². The summed E-state index contributed by atoms with van der Waals surface area (Å²) in [5.74, 6) is -4.00. The minimum Gasteiger partial charge on any atom is -0.488 e. The van der Waals surface area contributed by atoms with Crippen molar-refractivity contribution in [2.75, 3.05) is 36.8 Å². The van der Waals surface area contributed by atoms with Crippen molar-refractivity contribution in [3.05, 3.63) is 77.2 Å². The van der Waals surface area contributed by atoms with Crippen molar-refractivity contribution in [2.24, 2.45) is 17.3 Å². The standard InChI is InChI=1S/C46H50F2N8O6/c1-45(47,48)38-7-3-6-33(50-38)41(58)51-35-18-28-23-55(53-34(28)19-37(35)62-30-12-13-30)29-10-8-26(9-11-29)22-54-24-46(25-54)20-27(21-46)16-17-49-32-5-2-4-31-40(32)44(61)56(43(31)60)36-14-15-39(57)52-42(36)59/h2-7,18-19,23,26-27,29-30,36,49H,8-17,20-22,24-25H2,1H3,(H,51,58)(H,52,57,59)/t26-,29-,36?. The third-order valence-corrected chi connectivity index (χ3v) is 13.7. The van der Waals surface area contributed by atoms with Crippen molar-refractivity contribution in [1.82, 2.24) is 29.9 Å². The van der Waals surface area contributed by atoms with Crippen LogP contribution in [0.15, 0.2) is 54.7 Å². The number of alkyl halides is 2. The van der Waals surface area contributed by atoms with Crippen molar-refractivity contribution < 1.29 is 37.5 Å². The Morgan fingerprint density at radius 3 is 2.45 bits per heavy atom. The zero-order chi connectivity index (χ0) is 42.9. The van der Waals surface area contributed by atoms with Gasteiger partial charge in [0, 0.05) is 62.9 Å². The number of ether oxygens (including phenoxy) is 1. The first-order valence-electron chi connectivity index (χ1n) is 22.0. The number of likely N-dealkylation sites (tertiary alicyclic amines) is 1. The number of piperidine rings is 1. The lowest BCUT2D eigenvalue weighted by Crippen LogP contribution is -2.63. The predicted octanol–water partition coefficient (Wildman–Crippen LogP) is 6.68. The van der Waals surface area contributed by atoms with Crippen molar-refractivity contribution >= 4 is 51.8 Å². The van der Waals surface area contributed by atoms with Crippen LogP contribution in [-0.2, 0) is 15.5 Å². The minimum atomic E-state index is -3.17. The number of amides is 5. The van der Waals surface area contributed by atoms with Gasteiger partial charge in [0.2, 0.25) is 11.8 Å². The molecule has 0 radical (unpaired) electrons. The first-order valence-corrected chi connectivity index (χ1v) is 22.0. The molecule has 0 bridgehead atoms. The molecule has 4 aromatic rings. The molecule has 2 aromatic carbocycles. The van der Waals surface area contributed by atoms with E-state index >= 15 is 0 Å². The second-order valence-corrected chi connectivity index (χ2v) is 18.6. The topological polar surface area (TPSA) is 168 Å². The number of nitrogens with one attached hydrogen (secondary N) is 3. The van der Waals surface area contributed by atoms with Gasteiger partial charge in [0.25, 0.3) is 23.6 Å². The van der Waals surface area contributed by atoms with Gasteiger partial charge in [-0.1, -0.05) is 12.1 Å². The summed E-state index contributed by atoms with van der Waals surface area (Å²) in [7, 11) is 0. The molecule has 1 unspecified atom stereocenters. The molecule has 1 spiro atoms. The molecule has 14 nitrogen and oxygen atoms in total. The average molecular weight is 849 g/mol. The Morgan fingerprint density at radius 1 is 0.935 bits per heavy atom. The van der Waals surface area contributed by atoms with Gasteiger partial charge in [0.05, 0.1) is 34.5 Å². The zero-order valence-electron chi connectivity index (χ0n) is 34.6. The van der Waals surface area contributed by atoms with E-state index in [2.05, 4.69) is 30.5 Å². The van der Waals surface area contributed by atoms with Crippen LogP contribution in [-0.4, -0.2) is 92.4 Å². The van der Waals surface area contributed by atoms with Crippen LogP contribution >= 0.6 is 0 Å². The molecule has 6 aliphatic rings. The summed E-state index contributed by atoms with van der Waals surface area (Å²) in [6.07, 6.45) is 11.9. The number of rotatable bonds is 13. The summed E-state index contributed by atoms with van der Waals surface area (Å²) in [6.45, 7) is 4.82. The molecule has 3 N–H and O–H groups in total. The Bertz CT molecular complexity index is 2480. The van der Waals surface area contributed by atoms with E-state index in [1.54, 1.807) is 18.2 Å². The maximum atomic E-state index is 13.9. The van der Waals surface area contributed by atoms with Crippen molar-refractivity contribution in [3.8, 4) is 5.75 Å². The third-order valence-electron chi connectivity index (χ3n) is 13.7. The fraction of sp³-hybridized carbons (Fsp3) is 0.500. The van der Waals surface area contributed by atoms with Gasteiger partial charge in [-0.15, -0.1) is 0 Å². The molecular formula is C46H50F2N8O6. The van der Waals surface area contributed by atoms with Crippen molar-refractivity contribution in [1.29, 1.82) is 0 Å². The molecular weight excluding hydrogens is 799 g/mol. The van der Waals surface area contributed by atoms with Crippen LogP contribution < -0.4 is 20.7 Å². The molecule has 3 aliphatic carbocycles. The number of anilines is 2. The van der Waals surface area contributed by atoms with E-state index in [0.717, 1.165) is 87.3 Å². The van der Waals surface area contributed by atoms with E-state index in [9.17, 15) is 32.8 Å². The Kier molecular flexibility index (Phi) is 10.1. The lowest BCUT2D eigenvalue weighted by Gasteiger charge is -2.60. The Balaban J connectivity index is 0.682. The number of hydrogen-bond acceptors (Lipinski definition) is 10. The molecule has 62 heavy (non-hydrogen) atoms. The Labute approximate surface area is 357 Å². The van der Waals surface area contributed by atoms with Crippen LogP contribution in [0.5, 0.6) is 5.75 Å². The normalized spacial score (nSPS) is 23.9. The summed E-state index contributed by atoms with van der Waals surface area (Å²) < 4.78 is 36.1. The van der Waals surface area contributed by atoms with Gasteiger partial charge < -0.3 is 20.3 Å². The third kappa shape index (κ3) is 7.81. The van der Waals surface area contributed by atoms with Gasteiger partial charge >= 0.3 is 0 Å². The number of pyridine rings is 1. The van der Waals surface area contributed by atoms with Gasteiger partial charge in [-0.3, -0.25) is 38.9 Å². The molecule has 1 atom stereocenters. The SMILES string of the molecule is CC(F)(F)c1cccc(C(=O)Nc2cc3cn([C@H]4CC[C@H](CN5CC6(CC(CCNc7cccc8c7C(=O)N(C7CCC(=O)NC7=O)C8=O)C6)C5)CC4)nc3cc2OC2CC2)n1. The molecule has 10 rings (SSSR count). The molecule has 16 heteroatoms. The maximum absolute atomic E-state index is 13.9. The summed E-state index contributed by atoms with van der Waals surface area (Å²) in [6, 6.07) is 12.2. The fourth-order valence-corrected chi connectivity index (χ4v) is 10.5. The second-order valence-electron chi connectivity index (χ2n) is 18.6. The zero-order valence-corrected chi connectivity index (χ0v) is 34.6. The lowest BCUT2D eigenvalue weighted by atomic mass is 9.57. The highest BCUT2D eigenvalue weighted by atomic mass is 19.3. The van der Waals surface area contributed by atoms with Gasteiger partial charge in [-0.2, -0.15) is 13.9 Å². The van der Waals surface area contributed by atoms with E-state index in [1.807, 2.05) is 18.3 Å².